The van der Waals surface area contributed by atoms with Crippen molar-refractivity contribution in [2.24, 2.45) is 11.7 Å². The van der Waals surface area contributed by atoms with E-state index in [2.05, 4.69) is 5.32 Å². The van der Waals surface area contributed by atoms with Crippen LogP contribution in [-0.4, -0.2) is 37.6 Å². The number of rotatable bonds is 3. The lowest BCUT2D eigenvalue weighted by Gasteiger charge is -2.17. The molecule has 1 fully saturated rings. The van der Waals surface area contributed by atoms with E-state index in [1.54, 1.807) is 4.90 Å². The Kier molecular flexibility index (Phi) is 4.73. The van der Waals surface area contributed by atoms with Gasteiger partial charge in [-0.1, -0.05) is 0 Å². The van der Waals surface area contributed by atoms with Crippen molar-refractivity contribution < 1.29 is 4.79 Å². The van der Waals surface area contributed by atoms with Gasteiger partial charge >= 0.3 is 6.03 Å². The molecule has 1 aliphatic rings. The molecular weight excluding hydrogens is 178 g/mol. The fourth-order valence-electron chi connectivity index (χ4n) is 2.02. The first-order valence-electron chi connectivity index (χ1n) is 5.43. The average Bonchev–Trinajstić information content (AvgIpc) is 2.39. The van der Waals surface area contributed by atoms with E-state index in [1.807, 2.05) is 7.05 Å². The maximum atomic E-state index is 11.0. The Morgan fingerprint density at radius 2 is 2.29 bits per heavy atom. The molecule has 1 aliphatic heterocycles. The quantitative estimate of drug-likeness (QED) is 0.705. The highest BCUT2D eigenvalue weighted by Gasteiger charge is 2.18. The minimum absolute atomic E-state index is 0.265. The normalized spacial score (nSPS) is 23.2. The lowest BCUT2D eigenvalue weighted by atomic mass is 9.97. The van der Waals surface area contributed by atoms with E-state index in [1.165, 1.54) is 12.8 Å². The molecule has 3 N–H and O–H groups in total. The van der Waals surface area contributed by atoms with E-state index in [4.69, 9.17) is 5.73 Å². The minimum Gasteiger partial charge on any atom is -0.351 e. The summed E-state index contributed by atoms with van der Waals surface area (Å²) in [5.41, 5.74) is 5.26. The van der Waals surface area contributed by atoms with Crippen LogP contribution in [0.4, 0.5) is 4.79 Å². The van der Waals surface area contributed by atoms with Crippen LogP contribution in [0.5, 0.6) is 0 Å². The Balaban J connectivity index is 2.29. The summed E-state index contributed by atoms with van der Waals surface area (Å²) < 4.78 is 0. The van der Waals surface area contributed by atoms with Crippen LogP contribution >= 0.6 is 0 Å². The van der Waals surface area contributed by atoms with Crippen molar-refractivity contribution >= 4 is 6.03 Å². The number of hydrogen-bond acceptors (Lipinski definition) is 2. The SMILES string of the molecule is CNCCC1CCCN(C(N)=O)CC1. The van der Waals surface area contributed by atoms with Crippen LogP contribution in [0.3, 0.4) is 0 Å². The van der Waals surface area contributed by atoms with Gasteiger partial charge < -0.3 is 16.0 Å². The van der Waals surface area contributed by atoms with Gasteiger partial charge in [-0.2, -0.15) is 0 Å². The van der Waals surface area contributed by atoms with Gasteiger partial charge in [-0.25, -0.2) is 4.79 Å². The molecule has 1 unspecified atom stereocenters. The smallest absolute Gasteiger partial charge is 0.314 e. The fraction of sp³-hybridized carbons (Fsp3) is 0.900. The predicted octanol–water partition coefficient (Wildman–Crippen LogP) is 0.777. The zero-order valence-corrected chi connectivity index (χ0v) is 8.96. The van der Waals surface area contributed by atoms with Crippen LogP contribution in [0.2, 0.25) is 0 Å². The lowest BCUT2D eigenvalue weighted by molar-refractivity contribution is 0.209. The van der Waals surface area contributed by atoms with Gasteiger partial charge in [-0.05, 0) is 45.2 Å². The molecule has 1 atom stereocenters. The van der Waals surface area contributed by atoms with Gasteiger partial charge in [0, 0.05) is 13.1 Å². The number of hydrogen-bond donors (Lipinski definition) is 2. The average molecular weight is 199 g/mol. The van der Waals surface area contributed by atoms with Crippen LogP contribution < -0.4 is 11.1 Å². The Labute approximate surface area is 85.8 Å². The molecule has 0 aliphatic carbocycles. The first-order valence-corrected chi connectivity index (χ1v) is 5.43. The van der Waals surface area contributed by atoms with E-state index >= 15 is 0 Å². The predicted molar refractivity (Wildman–Crippen MR) is 57.0 cm³/mol. The Morgan fingerprint density at radius 1 is 1.50 bits per heavy atom. The molecule has 0 saturated carbocycles. The highest BCUT2D eigenvalue weighted by Crippen LogP contribution is 2.19. The van der Waals surface area contributed by atoms with E-state index in [-0.39, 0.29) is 6.03 Å². The molecule has 2 amide bonds. The number of carbonyl (C=O) groups is 1. The Hall–Kier alpha value is -0.770. The molecule has 14 heavy (non-hydrogen) atoms. The zero-order chi connectivity index (χ0) is 10.4. The zero-order valence-electron chi connectivity index (χ0n) is 8.96. The van der Waals surface area contributed by atoms with Crippen molar-refractivity contribution in [2.75, 3.05) is 26.7 Å². The molecule has 0 aromatic rings. The number of amides is 2. The molecule has 0 aromatic carbocycles. The summed E-state index contributed by atoms with van der Waals surface area (Å²) in [6.45, 7) is 2.75. The van der Waals surface area contributed by atoms with Gasteiger partial charge in [0.25, 0.3) is 0 Å². The molecule has 1 saturated heterocycles. The van der Waals surface area contributed by atoms with E-state index in [9.17, 15) is 4.79 Å². The molecule has 1 rings (SSSR count). The molecule has 0 radical (unpaired) electrons. The highest BCUT2D eigenvalue weighted by atomic mass is 16.2. The fourth-order valence-corrected chi connectivity index (χ4v) is 2.02. The summed E-state index contributed by atoms with van der Waals surface area (Å²) in [5, 5.41) is 3.16. The van der Waals surface area contributed by atoms with Crippen molar-refractivity contribution in [1.82, 2.24) is 10.2 Å². The molecular formula is C10H21N3O. The molecule has 4 heteroatoms. The maximum absolute atomic E-state index is 11.0. The number of nitrogens with zero attached hydrogens (tertiary/aromatic N) is 1. The Bertz CT molecular complexity index is 184. The molecule has 0 spiro atoms. The number of carbonyl (C=O) groups excluding carboxylic acids is 1. The Morgan fingerprint density at radius 3 is 2.93 bits per heavy atom. The second-order valence-corrected chi connectivity index (χ2v) is 4.01. The summed E-state index contributed by atoms with van der Waals surface area (Å²) >= 11 is 0. The minimum atomic E-state index is -0.265. The van der Waals surface area contributed by atoms with Crippen molar-refractivity contribution in [2.45, 2.75) is 25.7 Å². The lowest BCUT2D eigenvalue weighted by Crippen LogP contribution is -2.36. The van der Waals surface area contributed by atoms with Crippen LogP contribution in [0.25, 0.3) is 0 Å². The van der Waals surface area contributed by atoms with Crippen LogP contribution in [0, 0.1) is 5.92 Å². The van der Waals surface area contributed by atoms with Crippen molar-refractivity contribution in [3.05, 3.63) is 0 Å². The molecule has 4 nitrogen and oxygen atoms in total. The van der Waals surface area contributed by atoms with Crippen molar-refractivity contribution in [3.63, 3.8) is 0 Å². The first-order chi connectivity index (χ1) is 6.74. The summed E-state index contributed by atoms with van der Waals surface area (Å²) in [7, 11) is 1.98. The summed E-state index contributed by atoms with van der Waals surface area (Å²) in [6.07, 6.45) is 4.64. The first kappa shape index (κ1) is 11.3. The number of nitrogens with one attached hydrogen (secondary N) is 1. The van der Waals surface area contributed by atoms with E-state index < -0.39 is 0 Å². The second kappa shape index (κ2) is 5.86. The van der Waals surface area contributed by atoms with Gasteiger partial charge in [0.05, 0.1) is 0 Å². The summed E-state index contributed by atoms with van der Waals surface area (Å²) in [4.78, 5) is 12.7. The van der Waals surface area contributed by atoms with Gasteiger partial charge in [0.15, 0.2) is 0 Å². The van der Waals surface area contributed by atoms with E-state index in [0.717, 1.165) is 38.4 Å². The molecule has 82 valence electrons. The summed E-state index contributed by atoms with van der Waals surface area (Å²) in [6, 6.07) is -0.265. The number of nitrogens with two attached hydrogens (primary N) is 1. The van der Waals surface area contributed by atoms with Gasteiger partial charge in [0.1, 0.15) is 0 Å². The third-order valence-corrected chi connectivity index (χ3v) is 2.96. The molecule has 0 aromatic heterocycles. The maximum Gasteiger partial charge on any atom is 0.314 e. The molecule has 1 heterocycles. The number of primary amides is 1. The highest BCUT2D eigenvalue weighted by molar-refractivity contribution is 5.71. The van der Waals surface area contributed by atoms with Crippen LogP contribution in [0.15, 0.2) is 0 Å². The number of likely N-dealkylation sites (tertiary alicyclic amines) is 1. The third-order valence-electron chi connectivity index (χ3n) is 2.96. The van der Waals surface area contributed by atoms with Gasteiger partial charge in [0.2, 0.25) is 0 Å². The monoisotopic (exact) mass is 199 g/mol. The largest absolute Gasteiger partial charge is 0.351 e. The molecule has 0 bridgehead atoms. The van der Waals surface area contributed by atoms with Gasteiger partial charge in [-0.3, -0.25) is 0 Å². The van der Waals surface area contributed by atoms with E-state index in [0.29, 0.717) is 0 Å². The third kappa shape index (κ3) is 3.54. The summed E-state index contributed by atoms with van der Waals surface area (Å²) in [5.74, 6) is 0.756. The van der Waals surface area contributed by atoms with Crippen molar-refractivity contribution in [3.8, 4) is 0 Å². The van der Waals surface area contributed by atoms with Crippen molar-refractivity contribution in [1.29, 1.82) is 0 Å². The number of urea groups is 1. The van der Waals surface area contributed by atoms with Gasteiger partial charge in [-0.15, -0.1) is 0 Å². The second-order valence-electron chi connectivity index (χ2n) is 4.01. The topological polar surface area (TPSA) is 58.4 Å². The standard InChI is InChI=1S/C10H21N3O/c1-12-6-4-9-3-2-7-13(8-5-9)10(11)14/h9,12H,2-8H2,1H3,(H2,11,14). The van der Waals surface area contributed by atoms with Crippen LogP contribution in [0.1, 0.15) is 25.7 Å². The van der Waals surface area contributed by atoms with Crippen LogP contribution in [-0.2, 0) is 0 Å².